The SMILES string of the molecule is Cc1c(O)c(O)c(C=O)c(COCc2ccc(F)cc2)c1-c1ccc(C(F)(F)F)cc1. The molecule has 0 amide bonds. The van der Waals surface area contributed by atoms with E-state index in [1.807, 2.05) is 0 Å². The molecule has 0 aliphatic rings. The van der Waals surface area contributed by atoms with Crippen molar-refractivity contribution in [3.8, 4) is 22.6 Å². The Morgan fingerprint density at radius 3 is 2.10 bits per heavy atom. The highest BCUT2D eigenvalue weighted by atomic mass is 19.4. The molecule has 3 aromatic carbocycles. The number of benzene rings is 3. The van der Waals surface area contributed by atoms with Gasteiger partial charge in [0.05, 0.1) is 24.3 Å². The minimum atomic E-state index is -4.51. The average molecular weight is 434 g/mol. The summed E-state index contributed by atoms with van der Waals surface area (Å²) < 4.78 is 57.4. The lowest BCUT2D eigenvalue weighted by Crippen LogP contribution is -2.06. The molecule has 4 nitrogen and oxygen atoms in total. The lowest BCUT2D eigenvalue weighted by Gasteiger charge is -2.19. The van der Waals surface area contributed by atoms with Crippen molar-refractivity contribution in [3.05, 3.63) is 82.2 Å². The minimum Gasteiger partial charge on any atom is -0.504 e. The molecule has 0 fully saturated rings. The van der Waals surface area contributed by atoms with Gasteiger partial charge >= 0.3 is 6.18 Å². The lowest BCUT2D eigenvalue weighted by atomic mass is 9.90. The molecule has 0 bridgehead atoms. The second kappa shape index (κ2) is 8.77. The van der Waals surface area contributed by atoms with Crippen LogP contribution in [0.4, 0.5) is 17.6 Å². The third-order valence-electron chi connectivity index (χ3n) is 4.88. The number of carbonyl (C=O) groups excluding carboxylic acids is 1. The molecule has 0 heterocycles. The molecule has 0 aliphatic heterocycles. The summed E-state index contributed by atoms with van der Waals surface area (Å²) in [4.78, 5) is 11.6. The molecule has 0 aliphatic carbocycles. The van der Waals surface area contributed by atoms with Crippen LogP contribution in [0.1, 0.15) is 32.6 Å². The van der Waals surface area contributed by atoms with Gasteiger partial charge in [-0.3, -0.25) is 4.79 Å². The van der Waals surface area contributed by atoms with Crippen LogP contribution in [0.2, 0.25) is 0 Å². The molecule has 0 saturated heterocycles. The van der Waals surface area contributed by atoms with Crippen LogP contribution < -0.4 is 0 Å². The zero-order valence-electron chi connectivity index (χ0n) is 16.3. The van der Waals surface area contributed by atoms with E-state index in [9.17, 15) is 32.6 Å². The second-order valence-electron chi connectivity index (χ2n) is 6.90. The zero-order valence-corrected chi connectivity index (χ0v) is 16.3. The van der Waals surface area contributed by atoms with E-state index >= 15 is 0 Å². The van der Waals surface area contributed by atoms with E-state index in [1.165, 1.54) is 43.3 Å². The maximum atomic E-state index is 13.0. The molecule has 0 unspecified atom stereocenters. The van der Waals surface area contributed by atoms with Crippen molar-refractivity contribution in [3.63, 3.8) is 0 Å². The van der Waals surface area contributed by atoms with Crippen LogP contribution >= 0.6 is 0 Å². The number of hydrogen-bond donors (Lipinski definition) is 2. The van der Waals surface area contributed by atoms with Crippen LogP contribution in [-0.4, -0.2) is 16.5 Å². The van der Waals surface area contributed by atoms with E-state index in [2.05, 4.69) is 0 Å². The van der Waals surface area contributed by atoms with E-state index in [-0.39, 0.29) is 35.5 Å². The van der Waals surface area contributed by atoms with E-state index in [4.69, 9.17) is 4.74 Å². The maximum Gasteiger partial charge on any atom is 0.416 e. The van der Waals surface area contributed by atoms with Crippen LogP contribution in [0.15, 0.2) is 48.5 Å². The molecule has 31 heavy (non-hydrogen) atoms. The summed E-state index contributed by atoms with van der Waals surface area (Å²) in [6, 6.07) is 9.79. The fourth-order valence-corrected chi connectivity index (χ4v) is 3.27. The molecule has 0 atom stereocenters. The predicted octanol–water partition coefficient (Wildman–Crippen LogP) is 5.76. The lowest BCUT2D eigenvalue weighted by molar-refractivity contribution is -0.137. The van der Waals surface area contributed by atoms with Gasteiger partial charge in [0.2, 0.25) is 0 Å². The number of halogens is 4. The van der Waals surface area contributed by atoms with E-state index < -0.39 is 29.1 Å². The minimum absolute atomic E-state index is 0.0612. The second-order valence-corrected chi connectivity index (χ2v) is 6.90. The van der Waals surface area contributed by atoms with Crippen molar-refractivity contribution in [2.45, 2.75) is 26.3 Å². The van der Waals surface area contributed by atoms with Gasteiger partial charge in [-0.2, -0.15) is 13.2 Å². The number of aromatic hydroxyl groups is 2. The van der Waals surface area contributed by atoms with Crippen molar-refractivity contribution in [1.29, 1.82) is 0 Å². The van der Waals surface area contributed by atoms with Gasteiger partial charge in [0.1, 0.15) is 5.82 Å². The van der Waals surface area contributed by atoms with Crippen LogP contribution in [0.3, 0.4) is 0 Å². The monoisotopic (exact) mass is 434 g/mol. The van der Waals surface area contributed by atoms with Crippen LogP contribution in [0.25, 0.3) is 11.1 Å². The van der Waals surface area contributed by atoms with Crippen molar-refractivity contribution < 1.29 is 37.3 Å². The van der Waals surface area contributed by atoms with E-state index in [0.29, 0.717) is 17.4 Å². The summed E-state index contributed by atoms with van der Waals surface area (Å²) in [6.07, 6.45) is -4.17. The highest BCUT2D eigenvalue weighted by Crippen LogP contribution is 2.43. The van der Waals surface area contributed by atoms with Gasteiger partial charge in [-0.1, -0.05) is 24.3 Å². The third-order valence-corrected chi connectivity index (χ3v) is 4.88. The van der Waals surface area contributed by atoms with Crippen molar-refractivity contribution in [2.24, 2.45) is 0 Å². The Bertz CT molecular complexity index is 1090. The standard InChI is InChI=1S/C23H18F4O4/c1-13-20(15-4-6-16(7-5-15)23(25,26)27)19(18(10-28)22(30)21(13)29)12-31-11-14-2-8-17(24)9-3-14/h2-10,29-30H,11-12H2,1H3. The van der Waals surface area contributed by atoms with Gasteiger partial charge in [0.15, 0.2) is 17.8 Å². The Labute approximate surface area is 175 Å². The summed E-state index contributed by atoms with van der Waals surface area (Å²) in [5.41, 5.74) is 0.575. The summed E-state index contributed by atoms with van der Waals surface area (Å²) in [5, 5.41) is 20.4. The van der Waals surface area contributed by atoms with E-state index in [0.717, 1.165) is 12.1 Å². The summed E-state index contributed by atoms with van der Waals surface area (Å²) >= 11 is 0. The fraction of sp³-hybridized carbons (Fsp3) is 0.174. The van der Waals surface area contributed by atoms with Gasteiger partial charge < -0.3 is 14.9 Å². The van der Waals surface area contributed by atoms with Gasteiger partial charge in [0, 0.05) is 11.1 Å². The molecular formula is C23H18F4O4. The number of ether oxygens (including phenoxy) is 1. The molecule has 0 radical (unpaired) electrons. The number of phenolic OH excluding ortho intramolecular Hbond substituents is 2. The molecule has 0 aromatic heterocycles. The Hall–Kier alpha value is -3.39. The number of carbonyl (C=O) groups is 1. The van der Waals surface area contributed by atoms with Gasteiger partial charge in [-0.15, -0.1) is 0 Å². The molecule has 162 valence electrons. The number of rotatable bonds is 6. The highest BCUT2D eigenvalue weighted by molar-refractivity contribution is 5.90. The van der Waals surface area contributed by atoms with Crippen LogP contribution in [0.5, 0.6) is 11.5 Å². The first-order chi connectivity index (χ1) is 14.6. The van der Waals surface area contributed by atoms with Crippen LogP contribution in [-0.2, 0) is 24.1 Å². The van der Waals surface area contributed by atoms with Crippen molar-refractivity contribution >= 4 is 6.29 Å². The smallest absolute Gasteiger partial charge is 0.416 e. The molecule has 2 N–H and O–H groups in total. The Balaban J connectivity index is 2.02. The summed E-state index contributed by atoms with van der Waals surface area (Å²) in [6.45, 7) is 1.35. The van der Waals surface area contributed by atoms with Crippen molar-refractivity contribution in [1.82, 2.24) is 0 Å². The topological polar surface area (TPSA) is 66.8 Å². The third kappa shape index (κ3) is 4.69. The summed E-state index contributed by atoms with van der Waals surface area (Å²) in [5.74, 6) is -1.58. The number of hydrogen-bond acceptors (Lipinski definition) is 4. The fourth-order valence-electron chi connectivity index (χ4n) is 3.27. The zero-order chi connectivity index (χ0) is 22.8. The predicted molar refractivity (Wildman–Crippen MR) is 105 cm³/mol. The largest absolute Gasteiger partial charge is 0.504 e. The maximum absolute atomic E-state index is 13.0. The molecular weight excluding hydrogens is 416 g/mol. The van der Waals surface area contributed by atoms with Gasteiger partial charge in [0.25, 0.3) is 0 Å². The Kier molecular flexibility index (Phi) is 6.31. The molecule has 3 rings (SSSR count). The van der Waals surface area contributed by atoms with Gasteiger partial charge in [-0.25, -0.2) is 4.39 Å². The first kappa shape index (κ1) is 22.3. The van der Waals surface area contributed by atoms with E-state index in [1.54, 1.807) is 0 Å². The van der Waals surface area contributed by atoms with Crippen molar-refractivity contribution in [2.75, 3.05) is 0 Å². The number of aldehydes is 1. The first-order valence-corrected chi connectivity index (χ1v) is 9.15. The molecule has 3 aromatic rings. The normalized spacial score (nSPS) is 11.5. The Morgan fingerprint density at radius 2 is 1.55 bits per heavy atom. The quantitative estimate of drug-likeness (QED) is 0.294. The van der Waals surface area contributed by atoms with Crippen LogP contribution in [0, 0.1) is 12.7 Å². The number of alkyl halides is 3. The molecule has 0 spiro atoms. The van der Waals surface area contributed by atoms with Gasteiger partial charge in [-0.05, 0) is 47.9 Å². The molecule has 8 heteroatoms. The Morgan fingerprint density at radius 1 is 0.935 bits per heavy atom. The average Bonchev–Trinajstić information content (AvgIpc) is 2.73. The first-order valence-electron chi connectivity index (χ1n) is 9.15. The highest BCUT2D eigenvalue weighted by Gasteiger charge is 2.30. The number of phenols is 2. The summed E-state index contributed by atoms with van der Waals surface area (Å²) in [7, 11) is 0. The molecule has 0 saturated carbocycles.